The molecule has 1 atom stereocenters. The van der Waals surface area contributed by atoms with Crippen LogP contribution in [0.3, 0.4) is 0 Å². The average Bonchev–Trinajstić information content (AvgIpc) is 2.72. The zero-order valence-electron chi connectivity index (χ0n) is 10.0. The van der Waals surface area contributed by atoms with Crippen molar-refractivity contribution in [1.82, 2.24) is 0 Å². The molecule has 0 bridgehead atoms. The van der Waals surface area contributed by atoms with Gasteiger partial charge in [-0.25, -0.2) is 0 Å². The number of fused-ring (bicyclic) bond motifs is 3. The number of halogens is 1. The number of hydrogen-bond acceptors (Lipinski definition) is 2. The van der Waals surface area contributed by atoms with Gasteiger partial charge in [-0.3, -0.25) is 0 Å². The molecular formula is C14H14ClNORe. The standard InChI is InChI=1S/C14H14ClNO.Re/c1-8-3-2-4-10-12(17)5-11-14(13(8)10)9(6-15)7-16-11;/h2-5,9,16-17H,6-7H2,1H3;/t9-;/m1./s1. The maximum absolute atomic E-state index is 10.0. The van der Waals surface area contributed by atoms with Crippen molar-refractivity contribution in [2.24, 2.45) is 0 Å². The van der Waals surface area contributed by atoms with E-state index in [1.165, 1.54) is 11.1 Å². The number of aryl methyl sites for hydroxylation is 1. The van der Waals surface area contributed by atoms with Gasteiger partial charge in [0.05, 0.1) is 0 Å². The smallest absolute Gasteiger partial charge is 0.125 e. The number of hydrogen-bond donors (Lipinski definition) is 2. The van der Waals surface area contributed by atoms with Crippen LogP contribution in [0.4, 0.5) is 5.69 Å². The molecule has 0 unspecified atom stereocenters. The van der Waals surface area contributed by atoms with Gasteiger partial charge in [-0.1, -0.05) is 18.2 Å². The van der Waals surface area contributed by atoms with Crippen molar-refractivity contribution in [2.45, 2.75) is 12.8 Å². The van der Waals surface area contributed by atoms with E-state index in [2.05, 4.69) is 18.3 Å². The Morgan fingerprint density at radius 2 is 2.22 bits per heavy atom. The molecule has 0 fully saturated rings. The van der Waals surface area contributed by atoms with E-state index >= 15 is 0 Å². The molecule has 0 saturated carbocycles. The molecular weight excluding hydrogens is 420 g/mol. The molecule has 0 aliphatic carbocycles. The van der Waals surface area contributed by atoms with Crippen molar-refractivity contribution in [2.75, 3.05) is 17.7 Å². The quantitative estimate of drug-likeness (QED) is 0.673. The first-order valence-electron chi connectivity index (χ1n) is 5.77. The second-order valence-corrected chi connectivity index (χ2v) is 4.90. The normalized spacial score (nSPS) is 17.1. The van der Waals surface area contributed by atoms with Crippen molar-refractivity contribution >= 4 is 28.1 Å². The Balaban J connectivity index is 0.00000120. The number of nitrogens with one attached hydrogen (secondary N) is 1. The predicted molar refractivity (Wildman–Crippen MR) is 72.3 cm³/mol. The molecule has 0 amide bonds. The monoisotopic (exact) mass is 434 g/mol. The fourth-order valence-corrected chi connectivity index (χ4v) is 2.97. The minimum Gasteiger partial charge on any atom is -0.507 e. The van der Waals surface area contributed by atoms with E-state index in [-0.39, 0.29) is 20.4 Å². The summed E-state index contributed by atoms with van der Waals surface area (Å²) in [4.78, 5) is 0. The van der Waals surface area contributed by atoms with Crippen LogP contribution in [0.15, 0.2) is 24.3 Å². The minimum absolute atomic E-state index is 0. The van der Waals surface area contributed by atoms with Crippen LogP contribution in [0, 0.1) is 6.92 Å². The van der Waals surface area contributed by atoms with Crippen molar-refractivity contribution in [1.29, 1.82) is 0 Å². The number of phenolic OH excluding ortho intramolecular Hbond substituents is 1. The minimum atomic E-state index is 0. The molecule has 1 aliphatic rings. The van der Waals surface area contributed by atoms with Crippen LogP contribution in [-0.4, -0.2) is 17.5 Å². The molecule has 3 rings (SSSR count). The molecule has 18 heavy (non-hydrogen) atoms. The summed E-state index contributed by atoms with van der Waals surface area (Å²) in [6, 6.07) is 7.82. The molecule has 2 N–H and O–H groups in total. The van der Waals surface area contributed by atoms with Crippen LogP contribution in [0.25, 0.3) is 10.8 Å². The van der Waals surface area contributed by atoms with Gasteiger partial charge in [0.2, 0.25) is 0 Å². The fraction of sp³-hybridized carbons (Fsp3) is 0.286. The molecule has 2 aromatic rings. The Hall–Kier alpha value is -0.748. The van der Waals surface area contributed by atoms with E-state index in [0.29, 0.717) is 17.5 Å². The van der Waals surface area contributed by atoms with Crippen LogP contribution in [0.1, 0.15) is 17.0 Å². The maximum Gasteiger partial charge on any atom is 0.125 e. The van der Waals surface area contributed by atoms with Gasteiger partial charge >= 0.3 is 0 Å². The zero-order valence-corrected chi connectivity index (χ0v) is 13.5. The van der Waals surface area contributed by atoms with Crippen molar-refractivity contribution in [3.63, 3.8) is 0 Å². The van der Waals surface area contributed by atoms with Crippen LogP contribution < -0.4 is 5.32 Å². The van der Waals surface area contributed by atoms with Gasteiger partial charge in [-0.15, -0.1) is 11.6 Å². The Morgan fingerprint density at radius 1 is 1.44 bits per heavy atom. The third-order valence-electron chi connectivity index (χ3n) is 3.52. The SMILES string of the molecule is Cc1cccc2c(O)cc3c(c12)[C@H](CCl)CN3.[Re]. The first-order valence-corrected chi connectivity index (χ1v) is 6.31. The first-order chi connectivity index (χ1) is 8.22. The van der Waals surface area contributed by atoms with Crippen LogP contribution in [-0.2, 0) is 20.4 Å². The number of rotatable bonds is 1. The molecule has 1 radical (unpaired) electrons. The van der Waals surface area contributed by atoms with Gasteiger partial charge in [0.1, 0.15) is 5.75 Å². The summed E-state index contributed by atoms with van der Waals surface area (Å²) < 4.78 is 0. The molecule has 4 heteroatoms. The number of alkyl halides is 1. The second kappa shape index (κ2) is 5.09. The summed E-state index contributed by atoms with van der Waals surface area (Å²) in [5, 5.41) is 15.4. The summed E-state index contributed by atoms with van der Waals surface area (Å²) in [5.74, 6) is 1.27. The third kappa shape index (κ3) is 1.91. The number of phenols is 1. The summed E-state index contributed by atoms with van der Waals surface area (Å²) in [5.41, 5.74) is 3.47. The molecule has 0 aromatic heterocycles. The van der Waals surface area contributed by atoms with Gasteiger partial charge in [-0.2, -0.15) is 0 Å². The largest absolute Gasteiger partial charge is 0.507 e. The molecule has 0 spiro atoms. The van der Waals surface area contributed by atoms with Crippen LogP contribution in [0.2, 0.25) is 0 Å². The molecule has 0 saturated heterocycles. The fourth-order valence-electron chi connectivity index (χ4n) is 2.70. The maximum atomic E-state index is 10.0. The second-order valence-electron chi connectivity index (χ2n) is 4.59. The van der Waals surface area contributed by atoms with E-state index in [0.717, 1.165) is 23.0 Å². The average molecular weight is 434 g/mol. The summed E-state index contributed by atoms with van der Waals surface area (Å²) in [6.07, 6.45) is 0. The Morgan fingerprint density at radius 3 is 2.94 bits per heavy atom. The van der Waals surface area contributed by atoms with Crippen LogP contribution >= 0.6 is 11.6 Å². The summed E-state index contributed by atoms with van der Waals surface area (Å²) >= 11 is 6.03. The van der Waals surface area contributed by atoms with Crippen LogP contribution in [0.5, 0.6) is 5.75 Å². The van der Waals surface area contributed by atoms with Crippen molar-refractivity contribution in [3.8, 4) is 5.75 Å². The summed E-state index contributed by atoms with van der Waals surface area (Å²) in [7, 11) is 0. The Bertz CT molecular complexity index is 600. The van der Waals surface area contributed by atoms with Gasteiger partial charge in [0.15, 0.2) is 0 Å². The predicted octanol–water partition coefficient (Wildman–Crippen LogP) is 3.60. The number of aromatic hydroxyl groups is 1. The van der Waals surface area contributed by atoms with E-state index < -0.39 is 0 Å². The Labute approximate surface area is 125 Å². The van der Waals surface area contributed by atoms with Gasteiger partial charge in [0.25, 0.3) is 0 Å². The van der Waals surface area contributed by atoms with Crippen molar-refractivity contribution in [3.05, 3.63) is 35.4 Å². The van der Waals surface area contributed by atoms with E-state index in [4.69, 9.17) is 11.6 Å². The zero-order chi connectivity index (χ0) is 12.0. The summed E-state index contributed by atoms with van der Waals surface area (Å²) in [6.45, 7) is 2.93. The molecule has 2 nitrogen and oxygen atoms in total. The third-order valence-corrected chi connectivity index (χ3v) is 3.90. The topological polar surface area (TPSA) is 32.3 Å². The van der Waals surface area contributed by atoms with Gasteiger partial charge in [0, 0.05) is 55.9 Å². The first kappa shape index (κ1) is 13.7. The van der Waals surface area contributed by atoms with E-state index in [9.17, 15) is 5.11 Å². The van der Waals surface area contributed by atoms with E-state index in [1.807, 2.05) is 18.2 Å². The molecule has 1 aliphatic heterocycles. The molecule has 2 aromatic carbocycles. The molecule has 1 heterocycles. The number of benzene rings is 2. The Kier molecular flexibility index (Phi) is 3.87. The van der Waals surface area contributed by atoms with Gasteiger partial charge in [-0.05, 0) is 23.4 Å². The molecule has 95 valence electrons. The van der Waals surface area contributed by atoms with Crippen molar-refractivity contribution < 1.29 is 25.5 Å². The van der Waals surface area contributed by atoms with E-state index in [1.54, 1.807) is 0 Å². The number of anilines is 1. The van der Waals surface area contributed by atoms with Gasteiger partial charge < -0.3 is 10.4 Å².